The molecule has 2 aliphatic rings. The van der Waals surface area contributed by atoms with E-state index in [9.17, 15) is 9.59 Å². The molecule has 2 fully saturated rings. The molecule has 1 saturated carbocycles. The maximum Gasteiger partial charge on any atom is 0.410 e. The number of amides is 2. The van der Waals surface area contributed by atoms with E-state index in [0.717, 1.165) is 55.5 Å². The molecule has 1 saturated heterocycles. The van der Waals surface area contributed by atoms with Crippen LogP contribution in [0.4, 0.5) is 16.3 Å². The number of nitrogens with two attached hydrogens (primary N) is 1. The second-order valence-electron chi connectivity index (χ2n) is 12.4. The Balaban J connectivity index is 1.20. The van der Waals surface area contributed by atoms with Crippen LogP contribution < -0.4 is 16.0 Å². The second kappa shape index (κ2) is 10.6. The zero-order chi connectivity index (χ0) is 29.8. The van der Waals surface area contributed by atoms with Gasteiger partial charge < -0.3 is 30.0 Å². The number of carbonyl (C=O) groups is 2. The number of aryl methyl sites for hydroxylation is 2. The molecule has 1 aliphatic carbocycles. The van der Waals surface area contributed by atoms with Gasteiger partial charge in [0.25, 0.3) is 5.91 Å². The number of aromatic nitrogens is 5. The van der Waals surface area contributed by atoms with Gasteiger partial charge in [0, 0.05) is 62.2 Å². The molecule has 1 aromatic carbocycles. The van der Waals surface area contributed by atoms with Gasteiger partial charge in [0.05, 0.1) is 23.1 Å². The summed E-state index contributed by atoms with van der Waals surface area (Å²) in [7, 11) is 1.86. The van der Waals surface area contributed by atoms with Gasteiger partial charge in [-0.3, -0.25) is 14.5 Å². The monoisotopic (exact) mass is 573 g/mol. The Morgan fingerprint density at radius 3 is 2.45 bits per heavy atom. The van der Waals surface area contributed by atoms with Crippen molar-refractivity contribution in [3.05, 3.63) is 47.7 Å². The first kappa shape index (κ1) is 28.0. The van der Waals surface area contributed by atoms with Crippen LogP contribution in [0.25, 0.3) is 16.6 Å². The number of ether oxygens (including phenoxy) is 1. The lowest BCUT2D eigenvalue weighted by Gasteiger charge is -2.40. The summed E-state index contributed by atoms with van der Waals surface area (Å²) in [6, 6.07) is 4.27. The number of fused-ring (bicyclic) bond motifs is 2. The number of rotatable bonds is 6. The standard InChI is InChI=1S/C30H39N9O3/c1-18-15-38-17-25(33-27(38)23(14-31)32-18)34-28(40)21-8-9-24(22-16-36(5)35-26(21)22)37-12-10-20(11-13-37)39(19-6-7-19)29(41)42-30(2,3)4/h8-9,15-17,19-20H,6-7,10-14,31H2,1-5H3,(H,34,40). The van der Waals surface area contributed by atoms with E-state index in [4.69, 9.17) is 10.5 Å². The van der Waals surface area contributed by atoms with Gasteiger partial charge in [-0.1, -0.05) is 0 Å². The molecule has 0 radical (unpaired) electrons. The van der Waals surface area contributed by atoms with Crippen molar-refractivity contribution >= 4 is 40.1 Å². The van der Waals surface area contributed by atoms with E-state index in [2.05, 4.69) is 25.3 Å². The van der Waals surface area contributed by atoms with Crippen LogP contribution in [0.1, 0.15) is 68.2 Å². The molecule has 12 heteroatoms. The minimum Gasteiger partial charge on any atom is -0.444 e. The normalized spacial score (nSPS) is 16.3. The molecule has 222 valence electrons. The van der Waals surface area contributed by atoms with E-state index in [1.807, 2.05) is 68.6 Å². The molecule has 0 spiro atoms. The van der Waals surface area contributed by atoms with Gasteiger partial charge in [0.15, 0.2) is 11.5 Å². The van der Waals surface area contributed by atoms with Gasteiger partial charge >= 0.3 is 6.09 Å². The van der Waals surface area contributed by atoms with E-state index in [1.54, 1.807) is 10.9 Å². The summed E-state index contributed by atoms with van der Waals surface area (Å²) in [4.78, 5) is 39.8. The highest BCUT2D eigenvalue weighted by atomic mass is 16.6. The fourth-order valence-corrected chi connectivity index (χ4v) is 5.89. The lowest BCUT2D eigenvalue weighted by atomic mass is 10.0. The fourth-order valence-electron chi connectivity index (χ4n) is 5.89. The van der Waals surface area contributed by atoms with Crippen LogP contribution in [0, 0.1) is 6.92 Å². The van der Waals surface area contributed by atoms with E-state index in [-0.39, 0.29) is 30.6 Å². The molecular formula is C30H39N9O3. The molecule has 42 heavy (non-hydrogen) atoms. The summed E-state index contributed by atoms with van der Waals surface area (Å²) >= 11 is 0. The number of piperidine rings is 1. The van der Waals surface area contributed by atoms with Crippen LogP contribution in [0.2, 0.25) is 0 Å². The van der Waals surface area contributed by atoms with E-state index in [0.29, 0.717) is 28.2 Å². The summed E-state index contributed by atoms with van der Waals surface area (Å²) in [6.45, 7) is 9.47. The number of nitrogens with one attached hydrogen (secondary N) is 1. The maximum atomic E-state index is 13.5. The van der Waals surface area contributed by atoms with Gasteiger partial charge in [0.2, 0.25) is 0 Å². The van der Waals surface area contributed by atoms with Crippen LogP contribution in [0.5, 0.6) is 0 Å². The van der Waals surface area contributed by atoms with Gasteiger partial charge in [-0.05, 0) is 65.5 Å². The van der Waals surface area contributed by atoms with Crippen molar-refractivity contribution in [1.82, 2.24) is 29.0 Å². The smallest absolute Gasteiger partial charge is 0.410 e. The Bertz CT molecular complexity index is 1660. The fraction of sp³-hybridized carbons (Fsp3) is 0.500. The van der Waals surface area contributed by atoms with Crippen molar-refractivity contribution in [2.24, 2.45) is 12.8 Å². The lowest BCUT2D eigenvalue weighted by molar-refractivity contribution is 0.0114. The van der Waals surface area contributed by atoms with Crippen LogP contribution in [-0.4, -0.2) is 71.8 Å². The molecular weight excluding hydrogens is 534 g/mol. The Labute approximate surface area is 244 Å². The third kappa shape index (κ3) is 5.50. The first-order chi connectivity index (χ1) is 20.0. The predicted molar refractivity (Wildman–Crippen MR) is 161 cm³/mol. The summed E-state index contributed by atoms with van der Waals surface area (Å²) in [5, 5.41) is 8.49. The van der Waals surface area contributed by atoms with Crippen molar-refractivity contribution in [2.75, 3.05) is 23.3 Å². The lowest BCUT2D eigenvalue weighted by Crippen LogP contribution is -2.50. The minimum absolute atomic E-state index is 0.155. The highest BCUT2D eigenvalue weighted by Crippen LogP contribution is 2.36. The third-order valence-electron chi connectivity index (χ3n) is 7.82. The van der Waals surface area contributed by atoms with Crippen molar-refractivity contribution in [1.29, 1.82) is 0 Å². The Morgan fingerprint density at radius 1 is 1.07 bits per heavy atom. The summed E-state index contributed by atoms with van der Waals surface area (Å²) < 4.78 is 9.32. The molecule has 1 aliphatic heterocycles. The van der Waals surface area contributed by atoms with Gasteiger partial charge in [-0.15, -0.1) is 0 Å². The Morgan fingerprint density at radius 2 is 1.79 bits per heavy atom. The molecule has 4 heterocycles. The SMILES string of the molecule is Cc1cn2cc(NC(=O)c3ccc(N4CCC(N(C(=O)OC(C)(C)C)C5CC5)CC4)c4cn(C)nc34)nc2c(CN)n1. The minimum atomic E-state index is -0.514. The molecule has 0 unspecified atom stereocenters. The van der Waals surface area contributed by atoms with Gasteiger partial charge in [-0.2, -0.15) is 5.10 Å². The molecule has 3 aromatic heterocycles. The van der Waals surface area contributed by atoms with Crippen LogP contribution in [-0.2, 0) is 18.3 Å². The average molecular weight is 574 g/mol. The van der Waals surface area contributed by atoms with Crippen molar-refractivity contribution in [2.45, 2.75) is 77.6 Å². The van der Waals surface area contributed by atoms with Crippen molar-refractivity contribution in [3.63, 3.8) is 0 Å². The number of hydrogen-bond acceptors (Lipinski definition) is 8. The zero-order valence-corrected chi connectivity index (χ0v) is 24.9. The Kier molecular flexibility index (Phi) is 7.04. The summed E-state index contributed by atoms with van der Waals surface area (Å²) in [5.74, 6) is 0.131. The van der Waals surface area contributed by atoms with Crippen molar-refractivity contribution < 1.29 is 14.3 Å². The molecule has 3 N–H and O–H groups in total. The largest absolute Gasteiger partial charge is 0.444 e. The first-order valence-electron chi connectivity index (χ1n) is 14.6. The summed E-state index contributed by atoms with van der Waals surface area (Å²) in [6.07, 6.45) is 9.15. The highest BCUT2D eigenvalue weighted by molar-refractivity contribution is 6.13. The maximum absolute atomic E-state index is 13.5. The van der Waals surface area contributed by atoms with E-state index < -0.39 is 5.60 Å². The number of benzene rings is 1. The second-order valence-corrected chi connectivity index (χ2v) is 12.4. The van der Waals surface area contributed by atoms with Gasteiger partial charge in [0.1, 0.15) is 11.1 Å². The van der Waals surface area contributed by atoms with Crippen LogP contribution in [0.15, 0.2) is 30.7 Å². The van der Waals surface area contributed by atoms with Crippen LogP contribution in [0.3, 0.4) is 0 Å². The quantitative estimate of drug-likeness (QED) is 0.353. The predicted octanol–water partition coefficient (Wildman–Crippen LogP) is 4.00. The van der Waals surface area contributed by atoms with E-state index in [1.165, 1.54) is 0 Å². The number of nitrogens with zero attached hydrogens (tertiary/aromatic N) is 7. The molecule has 4 aromatic rings. The molecule has 12 nitrogen and oxygen atoms in total. The molecule has 0 bridgehead atoms. The number of hydrogen-bond donors (Lipinski definition) is 2. The van der Waals surface area contributed by atoms with Gasteiger partial charge in [-0.25, -0.2) is 9.78 Å². The van der Waals surface area contributed by atoms with Crippen molar-refractivity contribution in [3.8, 4) is 0 Å². The first-order valence-corrected chi connectivity index (χ1v) is 14.6. The number of imidazole rings is 1. The van der Waals surface area contributed by atoms with E-state index >= 15 is 0 Å². The third-order valence-corrected chi connectivity index (χ3v) is 7.82. The molecule has 0 atom stereocenters. The zero-order valence-electron chi connectivity index (χ0n) is 24.9. The molecule has 2 amide bonds. The number of carbonyl (C=O) groups excluding carboxylic acids is 2. The Hall–Kier alpha value is -4.19. The average Bonchev–Trinajstić information content (AvgIpc) is 3.54. The van der Waals surface area contributed by atoms with Crippen LogP contribution >= 0.6 is 0 Å². The highest BCUT2D eigenvalue weighted by Gasteiger charge is 2.41. The topological polar surface area (TPSA) is 136 Å². The summed E-state index contributed by atoms with van der Waals surface area (Å²) in [5.41, 5.74) is 9.58. The molecule has 6 rings (SSSR count). The number of anilines is 2.